The molecule has 0 atom stereocenters. The maximum Gasteiger partial charge on any atom is -0.00113 e. The normalized spacial score (nSPS) is 10.4. The van der Waals surface area contributed by atoms with Gasteiger partial charge in [0.25, 0.3) is 0 Å². The average Bonchev–Trinajstić information content (AvgIpc) is 2.12. The van der Waals surface area contributed by atoms with Crippen molar-refractivity contribution in [3.05, 3.63) is 22.4 Å². The van der Waals surface area contributed by atoms with Gasteiger partial charge >= 0.3 is 0 Å². The maximum absolute atomic E-state index is 3.16. The Morgan fingerprint density at radius 2 is 2.38 bits per heavy atom. The van der Waals surface area contributed by atoms with Crippen LogP contribution in [-0.4, -0.2) is 0 Å². The molecule has 0 aliphatic carbocycles. The van der Waals surface area contributed by atoms with Gasteiger partial charge in [0.15, 0.2) is 0 Å². The summed E-state index contributed by atoms with van der Waals surface area (Å²) in [5.41, 5.74) is 1.33. The molecule has 0 aliphatic heterocycles. The number of thiophene rings is 1. The standard InChI is InChI=1S/C7H9S/c1-6(2)7-3-4-8-5-7/h4-6H,1-2H3. The third-order valence-corrected chi connectivity index (χ3v) is 1.75. The molecular formula is C7H9S. The van der Waals surface area contributed by atoms with Crippen molar-refractivity contribution in [3.8, 4) is 0 Å². The summed E-state index contributed by atoms with van der Waals surface area (Å²) in [6.07, 6.45) is 0. The Kier molecular flexibility index (Phi) is 1.69. The average molecular weight is 125 g/mol. The minimum absolute atomic E-state index is 0.640. The van der Waals surface area contributed by atoms with Crippen LogP contribution >= 0.6 is 11.3 Å². The monoisotopic (exact) mass is 125 g/mol. The van der Waals surface area contributed by atoms with Crippen LogP contribution in [0.1, 0.15) is 25.3 Å². The molecule has 0 aliphatic rings. The van der Waals surface area contributed by atoms with Crippen LogP contribution in [0.4, 0.5) is 0 Å². The van der Waals surface area contributed by atoms with Crippen LogP contribution in [0.15, 0.2) is 10.8 Å². The van der Waals surface area contributed by atoms with Crippen LogP contribution in [0.5, 0.6) is 0 Å². The fraction of sp³-hybridized carbons (Fsp3) is 0.429. The van der Waals surface area contributed by atoms with Crippen molar-refractivity contribution in [2.75, 3.05) is 0 Å². The molecule has 0 saturated carbocycles. The Morgan fingerprint density at radius 1 is 1.62 bits per heavy atom. The van der Waals surface area contributed by atoms with Crippen molar-refractivity contribution >= 4 is 11.3 Å². The molecule has 0 N–H and O–H groups in total. The first-order valence-electron chi connectivity index (χ1n) is 2.74. The van der Waals surface area contributed by atoms with E-state index in [9.17, 15) is 0 Å². The lowest BCUT2D eigenvalue weighted by Crippen LogP contribution is -1.79. The van der Waals surface area contributed by atoms with Gasteiger partial charge in [0.1, 0.15) is 0 Å². The second-order valence-electron chi connectivity index (χ2n) is 2.13. The molecule has 0 unspecified atom stereocenters. The largest absolute Gasteiger partial charge is 0.151 e. The van der Waals surface area contributed by atoms with Crippen LogP contribution in [0.25, 0.3) is 0 Å². The molecule has 0 spiro atoms. The number of hydrogen-bond acceptors (Lipinski definition) is 1. The molecule has 0 fully saturated rings. The molecule has 0 bridgehead atoms. The summed E-state index contributed by atoms with van der Waals surface area (Å²) in [5.74, 6) is 0.640. The zero-order valence-corrected chi connectivity index (χ0v) is 5.96. The summed E-state index contributed by atoms with van der Waals surface area (Å²) in [7, 11) is 0. The number of hydrogen-bond donors (Lipinski definition) is 0. The van der Waals surface area contributed by atoms with Gasteiger partial charge < -0.3 is 0 Å². The van der Waals surface area contributed by atoms with Gasteiger partial charge in [-0.25, -0.2) is 0 Å². The van der Waals surface area contributed by atoms with Crippen LogP contribution in [0.2, 0.25) is 0 Å². The first kappa shape index (κ1) is 5.83. The molecule has 0 saturated heterocycles. The molecular weight excluding hydrogens is 116 g/mol. The van der Waals surface area contributed by atoms with E-state index in [1.807, 2.05) is 5.38 Å². The van der Waals surface area contributed by atoms with Gasteiger partial charge in [0.05, 0.1) is 0 Å². The van der Waals surface area contributed by atoms with Gasteiger partial charge in [-0.3, -0.25) is 0 Å². The van der Waals surface area contributed by atoms with Crippen LogP contribution < -0.4 is 0 Å². The summed E-state index contributed by atoms with van der Waals surface area (Å²) >= 11 is 1.71. The van der Waals surface area contributed by atoms with Crippen LogP contribution in [0.3, 0.4) is 0 Å². The molecule has 43 valence electrons. The fourth-order valence-corrected chi connectivity index (χ4v) is 1.31. The highest BCUT2D eigenvalue weighted by atomic mass is 32.1. The van der Waals surface area contributed by atoms with E-state index in [-0.39, 0.29) is 0 Å². The van der Waals surface area contributed by atoms with Gasteiger partial charge in [0, 0.05) is 0 Å². The van der Waals surface area contributed by atoms with Gasteiger partial charge in [-0.05, 0) is 28.3 Å². The first-order valence-corrected chi connectivity index (χ1v) is 3.68. The van der Waals surface area contributed by atoms with Crippen molar-refractivity contribution in [2.45, 2.75) is 19.8 Å². The Labute approximate surface area is 54.2 Å². The molecule has 8 heavy (non-hydrogen) atoms. The number of rotatable bonds is 1. The van der Waals surface area contributed by atoms with E-state index in [4.69, 9.17) is 0 Å². The van der Waals surface area contributed by atoms with E-state index in [0.29, 0.717) is 5.92 Å². The molecule has 0 nitrogen and oxygen atoms in total. The van der Waals surface area contributed by atoms with Gasteiger partial charge in [-0.15, -0.1) is 0 Å². The van der Waals surface area contributed by atoms with Crippen LogP contribution in [0, 0.1) is 6.07 Å². The smallest absolute Gasteiger partial charge is 0.00113 e. The third-order valence-electron chi connectivity index (χ3n) is 1.11. The van der Waals surface area contributed by atoms with Crippen molar-refractivity contribution in [1.82, 2.24) is 0 Å². The predicted octanol–water partition coefficient (Wildman–Crippen LogP) is 2.67. The molecule has 0 aromatic carbocycles. The molecule has 1 rings (SSSR count). The van der Waals surface area contributed by atoms with Crippen molar-refractivity contribution in [2.24, 2.45) is 0 Å². The SMILES string of the molecule is CC(C)c1[c]csc1. The van der Waals surface area contributed by atoms with Gasteiger partial charge in [-0.1, -0.05) is 13.8 Å². The van der Waals surface area contributed by atoms with Gasteiger partial charge in [0.2, 0.25) is 0 Å². The fourth-order valence-electron chi connectivity index (χ4n) is 0.546. The highest BCUT2D eigenvalue weighted by Gasteiger charge is 1.95. The summed E-state index contributed by atoms with van der Waals surface area (Å²) in [5, 5.41) is 4.14. The highest BCUT2D eigenvalue weighted by Crippen LogP contribution is 2.15. The molecule has 1 heterocycles. The van der Waals surface area contributed by atoms with E-state index < -0.39 is 0 Å². The first-order chi connectivity index (χ1) is 3.80. The molecule has 1 radical (unpaired) electrons. The topological polar surface area (TPSA) is 0 Å². The minimum Gasteiger partial charge on any atom is -0.151 e. The van der Waals surface area contributed by atoms with E-state index >= 15 is 0 Å². The quantitative estimate of drug-likeness (QED) is 0.541. The van der Waals surface area contributed by atoms with Crippen molar-refractivity contribution in [3.63, 3.8) is 0 Å². The van der Waals surface area contributed by atoms with E-state index in [0.717, 1.165) is 0 Å². The Balaban J connectivity index is 2.77. The highest BCUT2D eigenvalue weighted by molar-refractivity contribution is 7.07. The van der Waals surface area contributed by atoms with Gasteiger partial charge in [-0.2, -0.15) is 11.3 Å². The predicted molar refractivity (Wildman–Crippen MR) is 37.2 cm³/mol. The molecule has 1 aromatic rings. The summed E-state index contributed by atoms with van der Waals surface area (Å²) in [6.45, 7) is 4.36. The second-order valence-corrected chi connectivity index (χ2v) is 2.87. The maximum atomic E-state index is 3.16. The zero-order valence-electron chi connectivity index (χ0n) is 5.14. The Hall–Kier alpha value is -0.300. The summed E-state index contributed by atoms with van der Waals surface area (Å²) < 4.78 is 0. The third kappa shape index (κ3) is 1.10. The van der Waals surface area contributed by atoms with E-state index in [1.165, 1.54) is 5.56 Å². The van der Waals surface area contributed by atoms with Crippen LogP contribution in [-0.2, 0) is 0 Å². The zero-order chi connectivity index (χ0) is 5.98. The molecule has 0 amide bonds. The van der Waals surface area contributed by atoms with Crippen molar-refractivity contribution in [1.29, 1.82) is 0 Å². The second kappa shape index (κ2) is 2.31. The van der Waals surface area contributed by atoms with Crippen molar-refractivity contribution < 1.29 is 0 Å². The van der Waals surface area contributed by atoms with E-state index in [2.05, 4.69) is 25.3 Å². The molecule has 1 heteroatoms. The van der Waals surface area contributed by atoms with E-state index in [1.54, 1.807) is 11.3 Å². The Bertz CT molecular complexity index is 139. The minimum atomic E-state index is 0.640. The lowest BCUT2D eigenvalue weighted by Gasteiger charge is -1.95. The molecule has 1 aromatic heterocycles. The lowest BCUT2D eigenvalue weighted by atomic mass is 10.1. The summed E-state index contributed by atoms with van der Waals surface area (Å²) in [6, 6.07) is 3.16. The Morgan fingerprint density at radius 3 is 2.62 bits per heavy atom. The lowest BCUT2D eigenvalue weighted by molar-refractivity contribution is 0.870. The summed E-state index contributed by atoms with van der Waals surface area (Å²) in [4.78, 5) is 0.